The number of carbonyl (C=O) groups is 2. The maximum Gasteiger partial charge on any atom is 0.251 e. The van der Waals surface area contributed by atoms with Crippen LogP contribution in [0.3, 0.4) is 0 Å². The van der Waals surface area contributed by atoms with E-state index in [0.717, 1.165) is 10.6 Å². The van der Waals surface area contributed by atoms with Crippen LogP contribution in [0.15, 0.2) is 48.5 Å². The molecule has 136 valence electrons. The monoisotopic (exact) mass is 361 g/mol. The third kappa shape index (κ3) is 6.68. The first kappa shape index (κ1) is 19.7. The van der Waals surface area contributed by atoms with E-state index in [4.69, 9.17) is 10.9 Å². The lowest BCUT2D eigenvalue weighted by molar-refractivity contribution is -0.114. The molecule has 27 heavy (non-hydrogen) atoms. The van der Waals surface area contributed by atoms with Crippen LogP contribution in [0.5, 0.6) is 0 Å². The molecule has 0 aromatic heterocycles. The second kappa shape index (κ2) is 9.79. The van der Waals surface area contributed by atoms with Gasteiger partial charge in [-0.05, 0) is 60.4 Å². The van der Waals surface area contributed by atoms with E-state index in [1.54, 1.807) is 36.4 Å². The highest BCUT2D eigenvalue weighted by atomic mass is 16.5. The van der Waals surface area contributed by atoms with Gasteiger partial charge in [0.15, 0.2) is 0 Å². The number of benzene rings is 2. The Bertz CT molecular complexity index is 912. The van der Waals surface area contributed by atoms with Gasteiger partial charge >= 0.3 is 0 Å². The fraction of sp³-hybridized carbons (Fsp3) is 0.143. The van der Waals surface area contributed by atoms with E-state index in [0.29, 0.717) is 23.1 Å². The molecular weight excluding hydrogens is 342 g/mol. The summed E-state index contributed by atoms with van der Waals surface area (Å²) in [5, 5.41) is 12.5. The van der Waals surface area contributed by atoms with E-state index < -0.39 is 11.9 Å². The van der Waals surface area contributed by atoms with Crippen molar-refractivity contribution in [3.05, 3.63) is 65.2 Å². The van der Waals surface area contributed by atoms with Gasteiger partial charge in [-0.3, -0.25) is 4.79 Å². The van der Waals surface area contributed by atoms with Gasteiger partial charge in [-0.1, -0.05) is 11.8 Å². The van der Waals surface area contributed by atoms with Crippen LogP contribution in [0, 0.1) is 23.7 Å². The Morgan fingerprint density at radius 1 is 1.11 bits per heavy atom. The zero-order valence-corrected chi connectivity index (χ0v) is 14.8. The number of hydroxylamine groups is 2. The van der Waals surface area contributed by atoms with Crippen LogP contribution in [0.1, 0.15) is 21.5 Å². The Morgan fingerprint density at radius 2 is 1.63 bits per heavy atom. The molecule has 0 fully saturated rings. The van der Waals surface area contributed by atoms with Crippen LogP contribution < -0.4 is 11.1 Å². The van der Waals surface area contributed by atoms with Crippen molar-refractivity contribution >= 4 is 17.9 Å². The summed E-state index contributed by atoms with van der Waals surface area (Å²) in [7, 11) is 1.40. The molecule has 0 spiro atoms. The zero-order valence-electron chi connectivity index (χ0n) is 14.8. The van der Waals surface area contributed by atoms with Crippen molar-refractivity contribution in [2.24, 2.45) is 0 Å². The van der Waals surface area contributed by atoms with Gasteiger partial charge in [-0.2, -0.15) is 5.06 Å². The summed E-state index contributed by atoms with van der Waals surface area (Å²) in [6, 6.07) is 13.0. The number of likely N-dealkylation sites (N-methyl/N-ethyl adjacent to an activating group) is 1. The van der Waals surface area contributed by atoms with Gasteiger partial charge in [0.2, 0.25) is 0 Å². The first-order valence-electron chi connectivity index (χ1n) is 8.11. The number of hydrogen-bond donors (Lipinski definition) is 3. The summed E-state index contributed by atoms with van der Waals surface area (Å²) in [4.78, 5) is 23.0. The summed E-state index contributed by atoms with van der Waals surface area (Å²) in [6.07, 6.45) is 0.574. The molecule has 6 nitrogen and oxygen atoms in total. The van der Waals surface area contributed by atoms with Gasteiger partial charge in [0, 0.05) is 29.4 Å². The molecule has 1 atom stereocenters. The standard InChI is InChI=1S/C21H19N3O3/c1-24(27)14-20(15-25)23-21(26)18-10-6-16(7-11-18)4-2-3-5-17-8-12-19(22)13-9-17/h6-13,15,20,27H,14,22H2,1H3,(H,23,26). The van der Waals surface area contributed by atoms with E-state index in [9.17, 15) is 9.59 Å². The fourth-order valence-corrected chi connectivity index (χ4v) is 2.14. The summed E-state index contributed by atoms with van der Waals surface area (Å²) >= 11 is 0. The van der Waals surface area contributed by atoms with Crippen LogP contribution in [-0.4, -0.2) is 42.1 Å². The molecule has 2 rings (SSSR count). The number of rotatable bonds is 5. The topological polar surface area (TPSA) is 95.7 Å². The van der Waals surface area contributed by atoms with Gasteiger partial charge in [-0.25, -0.2) is 0 Å². The van der Waals surface area contributed by atoms with E-state index in [2.05, 4.69) is 29.0 Å². The first-order chi connectivity index (χ1) is 13.0. The Balaban J connectivity index is 1.98. The number of nitrogen functional groups attached to an aromatic ring is 1. The van der Waals surface area contributed by atoms with Crippen molar-refractivity contribution < 1.29 is 14.8 Å². The lowest BCUT2D eigenvalue weighted by Crippen LogP contribution is -2.42. The minimum Gasteiger partial charge on any atom is -0.399 e. The molecule has 0 radical (unpaired) electrons. The maximum atomic E-state index is 12.1. The van der Waals surface area contributed by atoms with Crippen molar-refractivity contribution in [1.29, 1.82) is 0 Å². The highest BCUT2D eigenvalue weighted by Crippen LogP contribution is 2.05. The van der Waals surface area contributed by atoms with Gasteiger partial charge in [0.05, 0.1) is 12.6 Å². The predicted molar refractivity (Wildman–Crippen MR) is 103 cm³/mol. The number of nitrogens with zero attached hydrogens (tertiary/aromatic N) is 1. The van der Waals surface area contributed by atoms with Crippen LogP contribution in [-0.2, 0) is 4.79 Å². The number of carbonyl (C=O) groups excluding carboxylic acids is 2. The molecule has 0 heterocycles. The molecule has 0 saturated heterocycles. The van der Waals surface area contributed by atoms with Gasteiger partial charge in [-0.15, -0.1) is 0 Å². The minimum absolute atomic E-state index is 0.00543. The highest BCUT2D eigenvalue weighted by molar-refractivity contribution is 5.95. The average molecular weight is 361 g/mol. The van der Waals surface area contributed by atoms with Gasteiger partial charge < -0.3 is 21.1 Å². The number of amides is 1. The fourth-order valence-electron chi connectivity index (χ4n) is 2.14. The van der Waals surface area contributed by atoms with Crippen LogP contribution in [0.25, 0.3) is 0 Å². The maximum absolute atomic E-state index is 12.1. The molecule has 1 unspecified atom stereocenters. The van der Waals surface area contributed by atoms with E-state index in [1.807, 2.05) is 12.1 Å². The quantitative estimate of drug-likeness (QED) is 0.323. The average Bonchev–Trinajstić information content (AvgIpc) is 2.66. The molecule has 1 amide bonds. The third-order valence-corrected chi connectivity index (χ3v) is 3.48. The molecule has 2 aromatic rings. The molecule has 0 saturated carbocycles. The molecule has 2 aromatic carbocycles. The second-order valence-corrected chi connectivity index (χ2v) is 5.76. The third-order valence-electron chi connectivity index (χ3n) is 3.48. The Labute approximate surface area is 157 Å². The number of nitrogens with two attached hydrogens (primary N) is 1. The van der Waals surface area contributed by atoms with E-state index in [-0.39, 0.29) is 6.54 Å². The lowest BCUT2D eigenvalue weighted by atomic mass is 10.1. The normalized spacial score (nSPS) is 10.8. The van der Waals surface area contributed by atoms with Crippen LogP contribution in [0.2, 0.25) is 0 Å². The summed E-state index contributed by atoms with van der Waals surface area (Å²) in [5.41, 5.74) is 8.21. The first-order valence-corrected chi connectivity index (χ1v) is 8.11. The second-order valence-electron chi connectivity index (χ2n) is 5.76. The summed E-state index contributed by atoms with van der Waals surface area (Å²) < 4.78 is 0. The molecule has 0 aliphatic carbocycles. The van der Waals surface area contributed by atoms with Crippen LogP contribution in [0.4, 0.5) is 5.69 Å². The molecule has 0 bridgehead atoms. The van der Waals surface area contributed by atoms with E-state index in [1.165, 1.54) is 7.05 Å². The van der Waals surface area contributed by atoms with Crippen LogP contribution >= 0.6 is 0 Å². The molecule has 0 aliphatic rings. The van der Waals surface area contributed by atoms with Crippen molar-refractivity contribution in [2.75, 3.05) is 19.3 Å². The Hall–Kier alpha value is -3.58. The Morgan fingerprint density at radius 3 is 2.11 bits per heavy atom. The molecule has 4 N–H and O–H groups in total. The number of hydrogen-bond acceptors (Lipinski definition) is 5. The van der Waals surface area contributed by atoms with Crippen molar-refractivity contribution in [2.45, 2.75) is 6.04 Å². The molecule has 0 aliphatic heterocycles. The zero-order chi connectivity index (χ0) is 19.6. The van der Waals surface area contributed by atoms with E-state index >= 15 is 0 Å². The number of anilines is 1. The van der Waals surface area contributed by atoms with Gasteiger partial charge in [0.25, 0.3) is 5.91 Å². The SMILES string of the molecule is CN(O)CC(C=O)NC(=O)c1ccc(C#CC#Cc2ccc(N)cc2)cc1. The summed E-state index contributed by atoms with van der Waals surface area (Å²) in [6.45, 7) is 0.00543. The summed E-state index contributed by atoms with van der Waals surface area (Å²) in [5.74, 6) is 10.9. The number of nitrogens with one attached hydrogen (secondary N) is 1. The van der Waals surface area contributed by atoms with Gasteiger partial charge in [0.1, 0.15) is 6.29 Å². The smallest absolute Gasteiger partial charge is 0.251 e. The van der Waals surface area contributed by atoms with Crippen molar-refractivity contribution in [1.82, 2.24) is 10.4 Å². The van der Waals surface area contributed by atoms with Crippen molar-refractivity contribution in [3.8, 4) is 23.7 Å². The highest BCUT2D eigenvalue weighted by Gasteiger charge is 2.14. The lowest BCUT2D eigenvalue weighted by Gasteiger charge is -2.16. The largest absolute Gasteiger partial charge is 0.399 e. The predicted octanol–water partition coefficient (Wildman–Crippen LogP) is 1.29. The van der Waals surface area contributed by atoms with Crippen molar-refractivity contribution in [3.63, 3.8) is 0 Å². The number of aldehydes is 1. The Kier molecular flexibility index (Phi) is 7.16. The minimum atomic E-state index is -0.796. The molecule has 6 heteroatoms. The molecular formula is C21H19N3O3.